The molecule has 7 nitrogen and oxygen atoms in total. The van der Waals surface area contributed by atoms with Gasteiger partial charge in [-0.05, 0) is 61.9 Å². The summed E-state index contributed by atoms with van der Waals surface area (Å²) in [6, 6.07) is 12.4. The van der Waals surface area contributed by atoms with E-state index in [1.807, 2.05) is 19.9 Å². The molecule has 1 N–H and O–H groups in total. The molecule has 27 heavy (non-hydrogen) atoms. The maximum atomic E-state index is 11.8. The Kier molecular flexibility index (Phi) is 7.96. The van der Waals surface area contributed by atoms with Gasteiger partial charge in [0.15, 0.2) is 18.1 Å². The lowest BCUT2D eigenvalue weighted by molar-refractivity contribution is -0.123. The smallest absolute Gasteiger partial charge is 0.277 e. The van der Waals surface area contributed by atoms with Crippen molar-refractivity contribution in [1.82, 2.24) is 5.43 Å². The van der Waals surface area contributed by atoms with E-state index in [0.717, 1.165) is 11.3 Å². The van der Waals surface area contributed by atoms with E-state index < -0.39 is 0 Å². The van der Waals surface area contributed by atoms with Crippen LogP contribution in [0.1, 0.15) is 19.4 Å². The molecule has 0 aliphatic rings. The Morgan fingerprint density at radius 1 is 0.963 bits per heavy atom. The number of amides is 1. The SMILES string of the molecule is CCOc1ccc(OCC(=O)N/N=C/c2ccc(OCC)c(OC)c2)cc1. The van der Waals surface area contributed by atoms with Gasteiger partial charge in [0.1, 0.15) is 11.5 Å². The molecule has 0 saturated carbocycles. The van der Waals surface area contributed by atoms with E-state index in [0.29, 0.717) is 30.5 Å². The van der Waals surface area contributed by atoms with Crippen molar-refractivity contribution in [2.24, 2.45) is 5.10 Å². The predicted octanol–water partition coefficient (Wildman–Crippen LogP) is 3.02. The van der Waals surface area contributed by atoms with E-state index >= 15 is 0 Å². The Labute approximate surface area is 158 Å². The quantitative estimate of drug-likeness (QED) is 0.512. The number of rotatable bonds is 10. The van der Waals surface area contributed by atoms with Crippen LogP contribution in [0.25, 0.3) is 0 Å². The average Bonchev–Trinajstić information content (AvgIpc) is 2.69. The molecule has 0 unspecified atom stereocenters. The van der Waals surface area contributed by atoms with Gasteiger partial charge < -0.3 is 18.9 Å². The van der Waals surface area contributed by atoms with Crippen molar-refractivity contribution in [2.45, 2.75) is 13.8 Å². The molecule has 0 atom stereocenters. The van der Waals surface area contributed by atoms with Gasteiger partial charge in [0.25, 0.3) is 5.91 Å². The summed E-state index contributed by atoms with van der Waals surface area (Å²) in [4.78, 5) is 11.8. The van der Waals surface area contributed by atoms with Crippen LogP contribution in [0.4, 0.5) is 0 Å². The molecular weight excluding hydrogens is 348 g/mol. The minimum Gasteiger partial charge on any atom is -0.494 e. The maximum Gasteiger partial charge on any atom is 0.277 e. The van der Waals surface area contributed by atoms with E-state index in [4.69, 9.17) is 18.9 Å². The highest BCUT2D eigenvalue weighted by Crippen LogP contribution is 2.27. The van der Waals surface area contributed by atoms with Crippen molar-refractivity contribution in [3.05, 3.63) is 48.0 Å². The first-order valence-corrected chi connectivity index (χ1v) is 8.64. The van der Waals surface area contributed by atoms with Crippen LogP contribution in [0.2, 0.25) is 0 Å². The van der Waals surface area contributed by atoms with Crippen LogP contribution in [0.5, 0.6) is 23.0 Å². The summed E-state index contributed by atoms with van der Waals surface area (Å²) < 4.78 is 21.5. The second-order valence-corrected chi connectivity index (χ2v) is 5.33. The molecule has 2 aromatic carbocycles. The Bertz CT molecular complexity index is 759. The van der Waals surface area contributed by atoms with Crippen LogP contribution in [-0.2, 0) is 4.79 Å². The first-order chi connectivity index (χ1) is 13.2. The zero-order chi connectivity index (χ0) is 19.5. The van der Waals surface area contributed by atoms with Crippen molar-refractivity contribution in [2.75, 3.05) is 26.9 Å². The van der Waals surface area contributed by atoms with Gasteiger partial charge in [0.2, 0.25) is 0 Å². The number of hydrogen-bond acceptors (Lipinski definition) is 6. The summed E-state index contributed by atoms with van der Waals surface area (Å²) in [5.74, 6) is 2.23. The molecular formula is C20H24N2O5. The van der Waals surface area contributed by atoms with Crippen molar-refractivity contribution < 1.29 is 23.7 Å². The number of ether oxygens (including phenoxy) is 4. The fraction of sp³-hybridized carbons (Fsp3) is 0.300. The molecule has 0 radical (unpaired) electrons. The third-order valence-corrected chi connectivity index (χ3v) is 3.40. The minimum absolute atomic E-state index is 0.141. The summed E-state index contributed by atoms with van der Waals surface area (Å²) in [6.07, 6.45) is 1.52. The topological polar surface area (TPSA) is 78.4 Å². The Morgan fingerprint density at radius 2 is 1.63 bits per heavy atom. The summed E-state index contributed by atoms with van der Waals surface area (Å²) in [5.41, 5.74) is 3.19. The third-order valence-electron chi connectivity index (χ3n) is 3.40. The molecule has 2 rings (SSSR count). The monoisotopic (exact) mass is 372 g/mol. The highest BCUT2D eigenvalue weighted by Gasteiger charge is 2.05. The highest BCUT2D eigenvalue weighted by atomic mass is 16.5. The first kappa shape index (κ1) is 20.1. The van der Waals surface area contributed by atoms with E-state index in [9.17, 15) is 4.79 Å². The van der Waals surface area contributed by atoms with E-state index in [1.54, 1.807) is 43.5 Å². The standard InChI is InChI=1S/C20H24N2O5/c1-4-25-16-7-9-17(10-8-16)27-14-20(23)22-21-13-15-6-11-18(26-5-2)19(12-15)24-3/h6-13H,4-5,14H2,1-3H3,(H,22,23)/b21-13+. The molecule has 0 spiro atoms. The van der Waals surface area contributed by atoms with Crippen molar-refractivity contribution in [1.29, 1.82) is 0 Å². The number of hydrazone groups is 1. The molecule has 0 aliphatic heterocycles. The molecule has 1 amide bonds. The van der Waals surface area contributed by atoms with Gasteiger partial charge in [-0.25, -0.2) is 5.43 Å². The number of benzene rings is 2. The van der Waals surface area contributed by atoms with Gasteiger partial charge in [0, 0.05) is 0 Å². The minimum atomic E-state index is -0.363. The highest BCUT2D eigenvalue weighted by molar-refractivity contribution is 5.83. The summed E-state index contributed by atoms with van der Waals surface area (Å²) in [5, 5.41) is 3.92. The number of methoxy groups -OCH3 is 1. The van der Waals surface area contributed by atoms with Crippen LogP contribution in [-0.4, -0.2) is 39.1 Å². The number of carbonyl (C=O) groups is 1. The Morgan fingerprint density at radius 3 is 2.26 bits per heavy atom. The molecule has 0 heterocycles. The second kappa shape index (κ2) is 10.7. The zero-order valence-electron chi connectivity index (χ0n) is 15.7. The Balaban J connectivity index is 1.82. The summed E-state index contributed by atoms with van der Waals surface area (Å²) >= 11 is 0. The van der Waals surface area contributed by atoms with Crippen LogP contribution in [0, 0.1) is 0 Å². The molecule has 0 fully saturated rings. The number of nitrogens with zero attached hydrogens (tertiary/aromatic N) is 1. The van der Waals surface area contributed by atoms with E-state index in [-0.39, 0.29) is 12.5 Å². The molecule has 7 heteroatoms. The van der Waals surface area contributed by atoms with Gasteiger partial charge in [-0.1, -0.05) is 0 Å². The molecule has 0 aromatic heterocycles. The predicted molar refractivity (Wildman–Crippen MR) is 103 cm³/mol. The number of hydrogen-bond donors (Lipinski definition) is 1. The van der Waals surface area contributed by atoms with Crippen molar-refractivity contribution >= 4 is 12.1 Å². The van der Waals surface area contributed by atoms with Crippen LogP contribution in [0.15, 0.2) is 47.6 Å². The molecule has 144 valence electrons. The van der Waals surface area contributed by atoms with Gasteiger partial charge in [-0.15, -0.1) is 0 Å². The summed E-state index contributed by atoms with van der Waals surface area (Å²) in [7, 11) is 1.57. The zero-order valence-corrected chi connectivity index (χ0v) is 15.7. The second-order valence-electron chi connectivity index (χ2n) is 5.33. The molecule has 0 aliphatic carbocycles. The lowest BCUT2D eigenvalue weighted by atomic mass is 10.2. The largest absolute Gasteiger partial charge is 0.494 e. The lowest BCUT2D eigenvalue weighted by Crippen LogP contribution is -2.24. The van der Waals surface area contributed by atoms with E-state index in [2.05, 4.69) is 10.5 Å². The van der Waals surface area contributed by atoms with Crippen molar-refractivity contribution in [3.8, 4) is 23.0 Å². The van der Waals surface area contributed by atoms with Crippen LogP contribution in [0.3, 0.4) is 0 Å². The normalized spacial score (nSPS) is 10.5. The van der Waals surface area contributed by atoms with Gasteiger partial charge in [-0.3, -0.25) is 4.79 Å². The van der Waals surface area contributed by atoms with Crippen LogP contribution < -0.4 is 24.4 Å². The lowest BCUT2D eigenvalue weighted by Gasteiger charge is -2.09. The van der Waals surface area contributed by atoms with E-state index in [1.165, 1.54) is 6.21 Å². The number of carbonyl (C=O) groups excluding carboxylic acids is 1. The van der Waals surface area contributed by atoms with Gasteiger partial charge >= 0.3 is 0 Å². The fourth-order valence-corrected chi connectivity index (χ4v) is 2.20. The van der Waals surface area contributed by atoms with Gasteiger partial charge in [-0.2, -0.15) is 5.10 Å². The van der Waals surface area contributed by atoms with Crippen molar-refractivity contribution in [3.63, 3.8) is 0 Å². The molecule has 0 saturated heterocycles. The average molecular weight is 372 g/mol. The maximum absolute atomic E-state index is 11.8. The van der Waals surface area contributed by atoms with Gasteiger partial charge in [0.05, 0.1) is 26.5 Å². The summed E-state index contributed by atoms with van der Waals surface area (Å²) in [6.45, 7) is 4.82. The first-order valence-electron chi connectivity index (χ1n) is 8.64. The molecule has 0 bridgehead atoms. The fourth-order valence-electron chi connectivity index (χ4n) is 2.20. The van der Waals surface area contributed by atoms with Crippen LogP contribution >= 0.6 is 0 Å². The molecule has 2 aromatic rings. The third kappa shape index (κ3) is 6.54. The Hall–Kier alpha value is -3.22. The number of nitrogens with one attached hydrogen (secondary N) is 1.